The van der Waals surface area contributed by atoms with Crippen molar-refractivity contribution < 1.29 is 9.47 Å². The highest BCUT2D eigenvalue weighted by atomic mass is 35.5. The molecule has 8 aliphatic rings. The number of pyridine rings is 2. The molecule has 4 unspecified atom stereocenters. The molecule has 8 nitrogen and oxygen atoms in total. The molecule has 0 aliphatic heterocycles. The zero-order valence-corrected chi connectivity index (χ0v) is 28.4. The highest BCUT2D eigenvalue weighted by Gasteiger charge is 2.57. The van der Waals surface area contributed by atoms with Crippen molar-refractivity contribution in [1.82, 2.24) is 9.97 Å². The second-order valence-corrected chi connectivity index (χ2v) is 16.8. The number of halogens is 2. The first-order valence-corrected chi connectivity index (χ1v) is 18.3. The monoisotopic (exact) mass is 688 g/mol. The van der Waals surface area contributed by atoms with E-state index in [-0.39, 0.29) is 22.3 Å². The van der Waals surface area contributed by atoms with Crippen LogP contribution in [0.5, 0.6) is 11.5 Å². The standard InChI is InChI=1S/2C19H21ClN2O2/c2*20-15-6-14-11(1-2-22-18(14)23)5-16(15)24-19-7-10-3-12(8-19)17(21)13(4-10)9-19/h2*1-2,5-6,10,12-13,17H,3-4,7-9,21H2,(H,22,23). The summed E-state index contributed by atoms with van der Waals surface area (Å²) in [6.45, 7) is 0. The van der Waals surface area contributed by atoms with E-state index < -0.39 is 0 Å². The third-order valence-corrected chi connectivity index (χ3v) is 13.5. The first-order valence-electron chi connectivity index (χ1n) is 17.6. The largest absolute Gasteiger partial charge is 0.486 e. The van der Waals surface area contributed by atoms with Crippen LogP contribution < -0.4 is 32.1 Å². The van der Waals surface area contributed by atoms with Gasteiger partial charge in [-0.1, -0.05) is 23.2 Å². The number of rotatable bonds is 4. The molecule has 48 heavy (non-hydrogen) atoms. The van der Waals surface area contributed by atoms with Crippen molar-refractivity contribution in [3.8, 4) is 11.5 Å². The van der Waals surface area contributed by atoms with Crippen molar-refractivity contribution in [3.63, 3.8) is 0 Å². The molecule has 2 heterocycles. The van der Waals surface area contributed by atoms with Crippen molar-refractivity contribution in [2.45, 2.75) is 87.5 Å². The van der Waals surface area contributed by atoms with Gasteiger partial charge in [0.2, 0.25) is 0 Å². The van der Waals surface area contributed by atoms with Crippen LogP contribution in [-0.4, -0.2) is 33.3 Å². The Morgan fingerprint density at radius 3 is 1.35 bits per heavy atom. The minimum Gasteiger partial charge on any atom is -0.486 e. The molecule has 6 N–H and O–H groups in total. The Labute approximate surface area is 288 Å². The first kappa shape index (κ1) is 31.0. The number of fused-ring (bicyclic) bond motifs is 2. The van der Waals surface area contributed by atoms with Crippen LogP contribution in [0.3, 0.4) is 0 Å². The predicted molar refractivity (Wildman–Crippen MR) is 189 cm³/mol. The Morgan fingerprint density at radius 1 is 0.604 bits per heavy atom. The minimum absolute atomic E-state index is 0.120. The zero-order valence-electron chi connectivity index (χ0n) is 26.9. The van der Waals surface area contributed by atoms with E-state index in [1.807, 2.05) is 24.3 Å². The van der Waals surface area contributed by atoms with Gasteiger partial charge in [0.25, 0.3) is 11.1 Å². The van der Waals surface area contributed by atoms with Gasteiger partial charge in [0.05, 0.1) is 10.0 Å². The van der Waals surface area contributed by atoms with Gasteiger partial charge < -0.3 is 30.9 Å². The molecule has 4 atom stereocenters. The first-order chi connectivity index (χ1) is 23.1. The highest BCUT2D eigenvalue weighted by Crippen LogP contribution is 2.58. The molecule has 8 saturated carbocycles. The molecule has 0 saturated heterocycles. The normalized spacial score (nSPS) is 37.1. The van der Waals surface area contributed by atoms with Crippen molar-refractivity contribution in [2.24, 2.45) is 47.0 Å². The maximum Gasteiger partial charge on any atom is 0.255 e. The molecule has 4 aromatic rings. The summed E-state index contributed by atoms with van der Waals surface area (Å²) in [5.74, 6) is 5.21. The number of H-pyrrole nitrogens is 2. The lowest BCUT2D eigenvalue weighted by atomic mass is 9.52. The van der Waals surface area contributed by atoms with Gasteiger partial charge in [-0.2, -0.15) is 0 Å². The van der Waals surface area contributed by atoms with Gasteiger partial charge in [0.1, 0.15) is 22.7 Å². The molecule has 0 radical (unpaired) electrons. The van der Waals surface area contributed by atoms with Gasteiger partial charge in [-0.15, -0.1) is 0 Å². The van der Waals surface area contributed by atoms with Gasteiger partial charge in [0, 0.05) is 35.2 Å². The average Bonchev–Trinajstić information content (AvgIpc) is 3.03. The van der Waals surface area contributed by atoms with Gasteiger partial charge in [-0.05, 0) is 147 Å². The molecule has 252 valence electrons. The number of ether oxygens (including phenoxy) is 2. The molecule has 0 spiro atoms. The zero-order chi connectivity index (χ0) is 32.9. The molecule has 2 aromatic carbocycles. The van der Waals surface area contributed by atoms with Gasteiger partial charge in [-0.3, -0.25) is 9.59 Å². The van der Waals surface area contributed by atoms with Gasteiger partial charge in [-0.25, -0.2) is 0 Å². The number of nitrogens with two attached hydrogens (primary N) is 2. The third-order valence-electron chi connectivity index (χ3n) is 12.9. The molecular weight excluding hydrogens is 647 g/mol. The van der Waals surface area contributed by atoms with E-state index in [4.69, 9.17) is 44.1 Å². The lowest BCUT2D eigenvalue weighted by Gasteiger charge is -2.58. The fourth-order valence-electron chi connectivity index (χ4n) is 11.2. The number of aromatic nitrogens is 2. The lowest BCUT2D eigenvalue weighted by Crippen LogP contribution is -2.61. The van der Waals surface area contributed by atoms with Crippen LogP contribution in [0.15, 0.2) is 58.4 Å². The molecule has 12 rings (SSSR count). The Hall–Kier alpha value is -3.04. The Balaban J connectivity index is 0.000000131. The summed E-state index contributed by atoms with van der Waals surface area (Å²) in [5.41, 5.74) is 12.4. The summed E-state index contributed by atoms with van der Waals surface area (Å²) >= 11 is 12.9. The number of nitrogens with one attached hydrogen (secondary N) is 2. The lowest BCUT2D eigenvalue weighted by molar-refractivity contribution is -0.117. The minimum atomic E-state index is -0.123. The second kappa shape index (κ2) is 11.2. The molecular formula is C38H42Cl2N4O4. The van der Waals surface area contributed by atoms with E-state index in [0.29, 0.717) is 68.1 Å². The third kappa shape index (κ3) is 5.17. The Morgan fingerprint density at radius 2 is 0.979 bits per heavy atom. The predicted octanol–water partition coefficient (Wildman–Crippen LogP) is 6.93. The van der Waals surface area contributed by atoms with Gasteiger partial charge in [0.15, 0.2) is 0 Å². The van der Waals surface area contributed by atoms with E-state index in [0.717, 1.165) is 61.1 Å². The molecule has 10 heteroatoms. The average molecular weight is 690 g/mol. The van der Waals surface area contributed by atoms with Crippen LogP contribution in [0.1, 0.15) is 64.2 Å². The van der Waals surface area contributed by atoms with E-state index in [1.165, 1.54) is 25.7 Å². The van der Waals surface area contributed by atoms with Gasteiger partial charge >= 0.3 is 0 Å². The SMILES string of the molecule is NC1C2CC3CC1CC(Oc1cc4cc[nH]c(=O)c4cc1Cl)(C3)C2.NC1C2CC3CC1CC(Oc1cc4cc[nH]c(=O)c4cc1Cl)(C3)C2. The van der Waals surface area contributed by atoms with E-state index in [1.54, 1.807) is 24.5 Å². The highest BCUT2D eigenvalue weighted by molar-refractivity contribution is 6.33. The fraction of sp³-hybridized carbons (Fsp3) is 0.526. The maximum absolute atomic E-state index is 11.9. The number of hydrogen-bond acceptors (Lipinski definition) is 6. The van der Waals surface area contributed by atoms with Crippen LogP contribution in [0, 0.1) is 35.5 Å². The summed E-state index contributed by atoms with van der Waals surface area (Å²) < 4.78 is 13.1. The summed E-state index contributed by atoms with van der Waals surface area (Å²) in [7, 11) is 0. The summed E-state index contributed by atoms with van der Waals surface area (Å²) in [4.78, 5) is 29.2. The van der Waals surface area contributed by atoms with Crippen molar-refractivity contribution >= 4 is 44.7 Å². The topological polar surface area (TPSA) is 136 Å². The van der Waals surface area contributed by atoms with E-state index in [9.17, 15) is 9.59 Å². The Bertz CT molecular complexity index is 1870. The van der Waals surface area contributed by atoms with Crippen LogP contribution in [0.25, 0.3) is 21.5 Å². The Kier molecular flexibility index (Phi) is 7.25. The summed E-state index contributed by atoms with van der Waals surface area (Å²) in [6, 6.07) is 11.7. The maximum atomic E-state index is 11.9. The molecule has 0 amide bonds. The van der Waals surface area contributed by atoms with Crippen LogP contribution in [0.2, 0.25) is 10.0 Å². The van der Waals surface area contributed by atoms with Crippen LogP contribution in [0.4, 0.5) is 0 Å². The number of hydrogen-bond donors (Lipinski definition) is 4. The summed E-state index contributed by atoms with van der Waals surface area (Å²) in [6.07, 6.45) is 14.7. The fourth-order valence-corrected chi connectivity index (χ4v) is 11.6. The van der Waals surface area contributed by atoms with Crippen LogP contribution in [-0.2, 0) is 0 Å². The molecule has 8 aliphatic carbocycles. The van der Waals surface area contributed by atoms with E-state index >= 15 is 0 Å². The molecule has 8 bridgehead atoms. The van der Waals surface area contributed by atoms with Crippen molar-refractivity contribution in [1.29, 1.82) is 0 Å². The quantitative estimate of drug-likeness (QED) is 0.184. The van der Waals surface area contributed by atoms with Crippen LogP contribution >= 0.6 is 23.2 Å². The second-order valence-electron chi connectivity index (χ2n) is 16.0. The number of benzene rings is 2. The summed E-state index contributed by atoms with van der Waals surface area (Å²) in [5, 5.41) is 3.95. The smallest absolute Gasteiger partial charge is 0.255 e. The molecule has 8 fully saturated rings. The number of aromatic amines is 2. The molecule has 2 aromatic heterocycles. The van der Waals surface area contributed by atoms with Crippen molar-refractivity contribution in [3.05, 3.63) is 79.5 Å². The van der Waals surface area contributed by atoms with Crippen molar-refractivity contribution in [2.75, 3.05) is 0 Å². The van der Waals surface area contributed by atoms with E-state index in [2.05, 4.69) is 9.97 Å².